The van der Waals surface area contributed by atoms with E-state index in [4.69, 9.17) is 16.3 Å². The summed E-state index contributed by atoms with van der Waals surface area (Å²) in [5.74, 6) is 0.393. The molecule has 10 heteroatoms. The molecular weight excluding hydrogens is 412 g/mol. The van der Waals surface area contributed by atoms with E-state index in [0.29, 0.717) is 12.4 Å². The monoisotopic (exact) mass is 432 g/mol. The van der Waals surface area contributed by atoms with Crippen LogP contribution >= 0.6 is 11.6 Å². The number of nitrogens with one attached hydrogen (secondary N) is 2. The quantitative estimate of drug-likeness (QED) is 0.592. The molecule has 0 atom stereocenters. The van der Waals surface area contributed by atoms with Gasteiger partial charge in [0.2, 0.25) is 20.0 Å². The normalized spacial score (nSPS) is 12.1. The number of rotatable bonds is 9. The standard InChI is InChI=1S/C17H21ClN2O5S2/c1-3-25-17-9-8-15(12-16(17)18)27(23,24)20-11-10-19-26(21,22)14-6-4-13(2)5-7-14/h4-9,12,19-20H,3,10-11H2,1-2H3. The summed E-state index contributed by atoms with van der Waals surface area (Å²) in [6.07, 6.45) is 0. The van der Waals surface area contributed by atoms with Gasteiger partial charge < -0.3 is 4.74 Å². The summed E-state index contributed by atoms with van der Waals surface area (Å²) in [6, 6.07) is 10.5. The van der Waals surface area contributed by atoms with Gasteiger partial charge in [-0.15, -0.1) is 0 Å². The molecule has 0 unspecified atom stereocenters. The molecule has 27 heavy (non-hydrogen) atoms. The summed E-state index contributed by atoms with van der Waals surface area (Å²) < 4.78 is 58.9. The molecule has 0 aliphatic carbocycles. The number of aryl methyl sites for hydroxylation is 1. The van der Waals surface area contributed by atoms with Gasteiger partial charge in [-0.3, -0.25) is 0 Å². The van der Waals surface area contributed by atoms with E-state index in [9.17, 15) is 16.8 Å². The number of halogens is 1. The Morgan fingerprint density at radius 3 is 1.93 bits per heavy atom. The fourth-order valence-corrected chi connectivity index (χ4v) is 4.57. The first-order chi connectivity index (χ1) is 12.7. The Bertz CT molecular complexity index is 990. The maximum Gasteiger partial charge on any atom is 0.240 e. The number of sulfonamides is 2. The van der Waals surface area contributed by atoms with Crippen molar-refractivity contribution in [1.82, 2.24) is 9.44 Å². The molecule has 0 aromatic heterocycles. The van der Waals surface area contributed by atoms with Crippen LogP contribution in [-0.2, 0) is 20.0 Å². The van der Waals surface area contributed by atoms with Crippen LogP contribution < -0.4 is 14.2 Å². The van der Waals surface area contributed by atoms with Crippen molar-refractivity contribution in [3.63, 3.8) is 0 Å². The number of ether oxygens (including phenoxy) is 1. The molecule has 7 nitrogen and oxygen atoms in total. The van der Waals surface area contributed by atoms with Crippen LogP contribution in [0.5, 0.6) is 5.75 Å². The molecule has 0 aliphatic rings. The summed E-state index contributed by atoms with van der Waals surface area (Å²) in [7, 11) is -7.53. The minimum atomic E-state index is -3.83. The summed E-state index contributed by atoms with van der Waals surface area (Å²) in [4.78, 5) is 0.0894. The zero-order valence-electron chi connectivity index (χ0n) is 14.9. The average Bonchev–Trinajstić information content (AvgIpc) is 2.61. The van der Waals surface area contributed by atoms with Gasteiger partial charge in [0.15, 0.2) is 0 Å². The van der Waals surface area contributed by atoms with Gasteiger partial charge in [0.25, 0.3) is 0 Å². The maximum absolute atomic E-state index is 12.3. The van der Waals surface area contributed by atoms with Gasteiger partial charge in [-0.2, -0.15) is 0 Å². The highest BCUT2D eigenvalue weighted by Gasteiger charge is 2.17. The highest BCUT2D eigenvalue weighted by atomic mass is 35.5. The predicted octanol–water partition coefficient (Wildman–Crippen LogP) is 2.30. The second-order valence-corrected chi connectivity index (χ2v) is 9.57. The minimum Gasteiger partial charge on any atom is -0.492 e. The maximum atomic E-state index is 12.3. The van der Waals surface area contributed by atoms with Crippen molar-refractivity contribution < 1.29 is 21.6 Å². The Labute approximate surface area is 164 Å². The highest BCUT2D eigenvalue weighted by molar-refractivity contribution is 7.89. The lowest BCUT2D eigenvalue weighted by Gasteiger charge is -2.11. The molecule has 2 aromatic rings. The van der Waals surface area contributed by atoms with E-state index in [1.807, 2.05) is 6.92 Å². The zero-order chi connectivity index (χ0) is 20.1. The van der Waals surface area contributed by atoms with Crippen molar-refractivity contribution in [3.8, 4) is 5.75 Å². The number of hydrogen-bond donors (Lipinski definition) is 2. The first-order valence-electron chi connectivity index (χ1n) is 8.14. The van der Waals surface area contributed by atoms with Gasteiger partial charge in [0.1, 0.15) is 5.75 Å². The molecule has 0 saturated carbocycles. The lowest BCUT2D eigenvalue weighted by Crippen LogP contribution is -2.34. The van der Waals surface area contributed by atoms with E-state index < -0.39 is 20.0 Å². The molecule has 2 aromatic carbocycles. The molecule has 0 saturated heterocycles. The smallest absolute Gasteiger partial charge is 0.240 e. The van der Waals surface area contributed by atoms with E-state index in [1.165, 1.54) is 30.3 Å². The minimum absolute atomic E-state index is 0.0302. The van der Waals surface area contributed by atoms with Crippen molar-refractivity contribution in [2.45, 2.75) is 23.6 Å². The Hall–Kier alpha value is -1.65. The van der Waals surface area contributed by atoms with Gasteiger partial charge in [0, 0.05) is 13.1 Å². The van der Waals surface area contributed by atoms with Crippen molar-refractivity contribution >= 4 is 31.6 Å². The molecule has 0 fully saturated rings. The van der Waals surface area contributed by atoms with E-state index in [0.717, 1.165) is 5.56 Å². The van der Waals surface area contributed by atoms with E-state index in [2.05, 4.69) is 9.44 Å². The van der Waals surface area contributed by atoms with Crippen LogP contribution in [0, 0.1) is 6.92 Å². The van der Waals surface area contributed by atoms with E-state index in [1.54, 1.807) is 19.1 Å². The van der Waals surface area contributed by atoms with Gasteiger partial charge in [-0.1, -0.05) is 29.3 Å². The first kappa shape index (κ1) is 21.6. The lowest BCUT2D eigenvalue weighted by molar-refractivity contribution is 0.340. The van der Waals surface area contributed by atoms with Gasteiger partial charge >= 0.3 is 0 Å². The second kappa shape index (κ2) is 9.03. The Morgan fingerprint density at radius 1 is 0.889 bits per heavy atom. The third-order valence-corrected chi connectivity index (χ3v) is 6.78. The third-order valence-electron chi connectivity index (χ3n) is 3.55. The lowest BCUT2D eigenvalue weighted by atomic mass is 10.2. The van der Waals surface area contributed by atoms with Crippen LogP contribution in [0.2, 0.25) is 5.02 Å². The molecule has 0 bridgehead atoms. The number of benzene rings is 2. The van der Waals surface area contributed by atoms with Gasteiger partial charge in [0.05, 0.1) is 21.4 Å². The van der Waals surface area contributed by atoms with Gasteiger partial charge in [-0.25, -0.2) is 26.3 Å². The second-order valence-electron chi connectivity index (χ2n) is 5.63. The largest absolute Gasteiger partial charge is 0.492 e. The molecule has 0 radical (unpaired) electrons. The van der Waals surface area contributed by atoms with Crippen LogP contribution in [0.3, 0.4) is 0 Å². The summed E-state index contributed by atoms with van der Waals surface area (Å²) >= 11 is 6.01. The number of hydrogen-bond acceptors (Lipinski definition) is 5. The molecule has 0 aliphatic heterocycles. The molecule has 0 amide bonds. The Balaban J connectivity index is 1.96. The van der Waals surface area contributed by atoms with Crippen LogP contribution in [0.15, 0.2) is 52.3 Å². The fraction of sp³-hybridized carbons (Fsp3) is 0.294. The fourth-order valence-electron chi connectivity index (χ4n) is 2.18. The molecule has 0 spiro atoms. The van der Waals surface area contributed by atoms with Crippen molar-refractivity contribution in [2.75, 3.05) is 19.7 Å². The summed E-state index contributed by atoms with van der Waals surface area (Å²) in [5.41, 5.74) is 0.940. The van der Waals surface area contributed by atoms with Crippen LogP contribution in [0.25, 0.3) is 0 Å². The molecule has 2 N–H and O–H groups in total. The highest BCUT2D eigenvalue weighted by Crippen LogP contribution is 2.27. The molecular formula is C17H21ClN2O5S2. The van der Waals surface area contributed by atoms with Crippen LogP contribution in [-0.4, -0.2) is 36.5 Å². The molecule has 0 heterocycles. The van der Waals surface area contributed by atoms with Crippen molar-refractivity contribution in [3.05, 3.63) is 53.1 Å². The van der Waals surface area contributed by atoms with Crippen LogP contribution in [0.1, 0.15) is 12.5 Å². The van der Waals surface area contributed by atoms with Gasteiger partial charge in [-0.05, 0) is 44.2 Å². The van der Waals surface area contributed by atoms with Crippen molar-refractivity contribution in [2.24, 2.45) is 0 Å². The Kier molecular flexibility index (Phi) is 7.24. The Morgan fingerprint density at radius 2 is 1.41 bits per heavy atom. The summed E-state index contributed by atoms with van der Waals surface area (Å²) in [6.45, 7) is 3.84. The van der Waals surface area contributed by atoms with Crippen molar-refractivity contribution in [1.29, 1.82) is 0 Å². The third kappa shape index (κ3) is 5.91. The molecule has 2 rings (SSSR count). The topological polar surface area (TPSA) is 102 Å². The molecule has 148 valence electrons. The predicted molar refractivity (Wildman–Crippen MR) is 104 cm³/mol. The first-order valence-corrected chi connectivity index (χ1v) is 11.5. The SMILES string of the molecule is CCOc1ccc(S(=O)(=O)NCCNS(=O)(=O)c2ccc(C)cc2)cc1Cl. The zero-order valence-corrected chi connectivity index (χ0v) is 17.3. The van der Waals surface area contributed by atoms with E-state index in [-0.39, 0.29) is 27.9 Å². The van der Waals surface area contributed by atoms with Crippen LogP contribution in [0.4, 0.5) is 0 Å². The van der Waals surface area contributed by atoms with E-state index >= 15 is 0 Å². The average molecular weight is 433 g/mol. The summed E-state index contributed by atoms with van der Waals surface area (Å²) in [5, 5.41) is 0.180.